The average Bonchev–Trinajstić information content (AvgIpc) is 2.80. The van der Waals surface area contributed by atoms with Gasteiger partial charge in [-0.25, -0.2) is 0 Å². The molecule has 0 aliphatic heterocycles. The second-order valence-electron chi connectivity index (χ2n) is 10.5. The lowest BCUT2D eigenvalue weighted by atomic mass is 9.75. The second-order valence-corrected chi connectivity index (χ2v) is 10.5. The Labute approximate surface area is 192 Å². The van der Waals surface area contributed by atoms with Crippen LogP contribution in [0.3, 0.4) is 0 Å². The summed E-state index contributed by atoms with van der Waals surface area (Å²) >= 11 is 0. The minimum Gasteiger partial charge on any atom is -0.432 e. The SMILES string of the molecule is Cc1ccc(-c2ccc(OC(F)(F)C3CCC(CCC4CCC(C)CC4)CC3)cc2)cc1. The number of benzene rings is 2. The number of hydrogen-bond donors (Lipinski definition) is 0. The molecule has 0 heterocycles. The number of alkyl halides is 2. The third-order valence-corrected chi connectivity index (χ3v) is 7.93. The van der Waals surface area contributed by atoms with E-state index in [1.54, 1.807) is 12.1 Å². The molecule has 2 aromatic rings. The predicted octanol–water partition coefficient (Wildman–Crippen LogP) is 9.05. The largest absolute Gasteiger partial charge is 0.432 e. The molecule has 3 heteroatoms. The molecule has 4 rings (SSSR count). The standard InChI is InChI=1S/C29H38F2O/c1-21-3-7-23(8-4-21)9-10-24-11-17-27(18-12-24)29(30,31)32-28-19-15-26(16-20-28)25-13-5-22(2)6-14-25/h5-6,13-16,19-21,23-24,27H,3-4,7-12,17-18H2,1-2H3. The lowest BCUT2D eigenvalue weighted by molar-refractivity contribution is -0.223. The fraction of sp³-hybridized carbons (Fsp3) is 0.586. The predicted molar refractivity (Wildman–Crippen MR) is 128 cm³/mol. The van der Waals surface area contributed by atoms with E-state index in [4.69, 9.17) is 4.74 Å². The second kappa shape index (κ2) is 10.4. The summed E-state index contributed by atoms with van der Waals surface area (Å²) in [4.78, 5) is 0. The Balaban J connectivity index is 1.24. The van der Waals surface area contributed by atoms with Gasteiger partial charge in [0.2, 0.25) is 0 Å². The van der Waals surface area contributed by atoms with Crippen LogP contribution in [0.4, 0.5) is 8.78 Å². The molecule has 2 aromatic carbocycles. The van der Waals surface area contributed by atoms with Crippen LogP contribution in [0.2, 0.25) is 0 Å². The molecule has 32 heavy (non-hydrogen) atoms. The van der Waals surface area contributed by atoms with Crippen molar-refractivity contribution in [3.63, 3.8) is 0 Å². The van der Waals surface area contributed by atoms with E-state index in [-0.39, 0.29) is 5.75 Å². The van der Waals surface area contributed by atoms with E-state index >= 15 is 0 Å². The number of ether oxygens (including phenoxy) is 1. The topological polar surface area (TPSA) is 9.23 Å². The lowest BCUT2D eigenvalue weighted by Gasteiger charge is -2.34. The Kier molecular flexibility index (Phi) is 7.53. The molecule has 0 saturated heterocycles. The van der Waals surface area contributed by atoms with E-state index in [1.807, 2.05) is 31.2 Å². The van der Waals surface area contributed by atoms with Crippen LogP contribution in [-0.2, 0) is 0 Å². The van der Waals surface area contributed by atoms with Crippen molar-refractivity contribution in [2.75, 3.05) is 0 Å². The number of aryl methyl sites for hydroxylation is 1. The maximum absolute atomic E-state index is 14.9. The van der Waals surface area contributed by atoms with E-state index < -0.39 is 12.0 Å². The number of rotatable bonds is 7. The van der Waals surface area contributed by atoms with Gasteiger partial charge in [0, 0.05) is 0 Å². The molecule has 2 aliphatic rings. The Morgan fingerprint density at radius 1 is 0.719 bits per heavy atom. The van der Waals surface area contributed by atoms with Gasteiger partial charge in [0.1, 0.15) is 5.75 Å². The summed E-state index contributed by atoms with van der Waals surface area (Å²) in [6.07, 6.45) is 7.85. The van der Waals surface area contributed by atoms with Gasteiger partial charge in [0.25, 0.3) is 0 Å². The summed E-state index contributed by atoms with van der Waals surface area (Å²) in [6, 6.07) is 15.3. The Bertz CT molecular complexity index is 826. The number of halogens is 2. The third-order valence-electron chi connectivity index (χ3n) is 7.93. The van der Waals surface area contributed by atoms with Crippen LogP contribution < -0.4 is 4.74 Å². The first kappa shape index (κ1) is 23.3. The highest BCUT2D eigenvalue weighted by molar-refractivity contribution is 5.64. The first-order chi connectivity index (χ1) is 15.4. The van der Waals surface area contributed by atoms with Gasteiger partial charge in [-0.3, -0.25) is 0 Å². The van der Waals surface area contributed by atoms with Crippen LogP contribution in [0.1, 0.15) is 76.7 Å². The molecule has 0 radical (unpaired) electrons. The first-order valence-corrected chi connectivity index (χ1v) is 12.6. The van der Waals surface area contributed by atoms with Crippen molar-refractivity contribution in [3.8, 4) is 16.9 Å². The highest BCUT2D eigenvalue weighted by Gasteiger charge is 2.44. The highest BCUT2D eigenvalue weighted by atomic mass is 19.3. The Morgan fingerprint density at radius 3 is 1.72 bits per heavy atom. The molecule has 2 aliphatic carbocycles. The van der Waals surface area contributed by atoms with Gasteiger partial charge >= 0.3 is 6.11 Å². The van der Waals surface area contributed by atoms with Crippen molar-refractivity contribution >= 4 is 0 Å². The quantitative estimate of drug-likeness (QED) is 0.417. The summed E-state index contributed by atoms with van der Waals surface area (Å²) in [5, 5.41) is 0. The molecule has 0 spiro atoms. The van der Waals surface area contributed by atoms with Gasteiger partial charge < -0.3 is 4.74 Å². The minimum absolute atomic E-state index is 0.250. The van der Waals surface area contributed by atoms with Crippen molar-refractivity contribution in [1.82, 2.24) is 0 Å². The van der Waals surface area contributed by atoms with Gasteiger partial charge in [-0.1, -0.05) is 87.4 Å². The van der Waals surface area contributed by atoms with Crippen molar-refractivity contribution in [3.05, 3.63) is 54.1 Å². The van der Waals surface area contributed by atoms with Gasteiger partial charge in [-0.05, 0) is 73.6 Å². The van der Waals surface area contributed by atoms with Crippen molar-refractivity contribution in [2.24, 2.45) is 23.7 Å². The summed E-state index contributed by atoms with van der Waals surface area (Å²) in [6.45, 7) is 4.41. The highest BCUT2D eigenvalue weighted by Crippen LogP contribution is 2.42. The fourth-order valence-electron chi connectivity index (χ4n) is 5.58. The molecule has 2 saturated carbocycles. The molecule has 0 N–H and O–H groups in total. The summed E-state index contributed by atoms with van der Waals surface area (Å²) in [5.41, 5.74) is 3.29. The zero-order chi connectivity index (χ0) is 22.6. The monoisotopic (exact) mass is 440 g/mol. The lowest BCUT2D eigenvalue weighted by Crippen LogP contribution is -2.37. The van der Waals surface area contributed by atoms with Crippen LogP contribution in [0.25, 0.3) is 11.1 Å². The molecule has 0 unspecified atom stereocenters. The van der Waals surface area contributed by atoms with E-state index in [0.717, 1.165) is 35.8 Å². The van der Waals surface area contributed by atoms with Crippen LogP contribution in [-0.4, -0.2) is 6.11 Å². The van der Waals surface area contributed by atoms with Crippen LogP contribution in [0.15, 0.2) is 48.5 Å². The van der Waals surface area contributed by atoms with E-state index in [9.17, 15) is 8.78 Å². The first-order valence-electron chi connectivity index (χ1n) is 12.6. The maximum atomic E-state index is 14.9. The molecular formula is C29H38F2O. The molecule has 0 amide bonds. The van der Waals surface area contributed by atoms with E-state index in [1.165, 1.54) is 44.1 Å². The van der Waals surface area contributed by atoms with Gasteiger partial charge in [-0.15, -0.1) is 0 Å². The summed E-state index contributed by atoms with van der Waals surface area (Å²) in [5.74, 6) is 1.96. The van der Waals surface area contributed by atoms with Crippen molar-refractivity contribution in [1.29, 1.82) is 0 Å². The number of hydrogen-bond acceptors (Lipinski definition) is 1. The van der Waals surface area contributed by atoms with E-state index in [2.05, 4.69) is 19.1 Å². The smallest absolute Gasteiger partial charge is 0.400 e. The molecule has 0 aromatic heterocycles. The third kappa shape index (κ3) is 6.11. The average molecular weight is 441 g/mol. The van der Waals surface area contributed by atoms with Gasteiger partial charge in [-0.2, -0.15) is 8.78 Å². The van der Waals surface area contributed by atoms with Crippen molar-refractivity contribution in [2.45, 2.75) is 84.2 Å². The van der Waals surface area contributed by atoms with E-state index in [0.29, 0.717) is 18.8 Å². The Morgan fingerprint density at radius 2 is 1.19 bits per heavy atom. The van der Waals surface area contributed by atoms with Crippen LogP contribution in [0.5, 0.6) is 5.75 Å². The van der Waals surface area contributed by atoms with Crippen LogP contribution in [0, 0.1) is 30.6 Å². The molecule has 1 nitrogen and oxygen atoms in total. The summed E-state index contributed by atoms with van der Waals surface area (Å²) in [7, 11) is 0. The fourth-order valence-corrected chi connectivity index (χ4v) is 5.58. The summed E-state index contributed by atoms with van der Waals surface area (Å²) < 4.78 is 35.0. The normalized spacial score (nSPS) is 26.6. The van der Waals surface area contributed by atoms with Gasteiger partial charge in [0.05, 0.1) is 5.92 Å². The zero-order valence-corrected chi connectivity index (χ0v) is 19.7. The van der Waals surface area contributed by atoms with Crippen molar-refractivity contribution < 1.29 is 13.5 Å². The molecular weight excluding hydrogens is 402 g/mol. The van der Waals surface area contributed by atoms with Crippen LogP contribution >= 0.6 is 0 Å². The van der Waals surface area contributed by atoms with Gasteiger partial charge in [0.15, 0.2) is 0 Å². The zero-order valence-electron chi connectivity index (χ0n) is 19.7. The Hall–Kier alpha value is -1.90. The molecule has 2 fully saturated rings. The molecule has 174 valence electrons. The molecule has 0 atom stereocenters. The minimum atomic E-state index is -3.10. The molecule has 0 bridgehead atoms. The maximum Gasteiger partial charge on any atom is 0.400 e.